The molecule has 10 heavy (non-hydrogen) atoms. The molecule has 1 saturated heterocycles. The monoisotopic (exact) mass is 158 g/mol. The highest BCUT2D eigenvalue weighted by molar-refractivity contribution is 7.93. The summed E-state index contributed by atoms with van der Waals surface area (Å²) in [7, 11) is -1.90. The molecule has 0 atom stereocenters. The van der Waals surface area contributed by atoms with E-state index in [2.05, 4.69) is 9.21 Å². The van der Waals surface area contributed by atoms with Crippen LogP contribution in [0.1, 0.15) is 12.8 Å². The molecule has 0 N–H and O–H groups in total. The topological polar surface area (TPSA) is 33.8 Å². The summed E-state index contributed by atoms with van der Waals surface area (Å²) in [4.78, 5) is 3.05. The average molecular weight is 158 g/mol. The molecular weight excluding hydrogens is 148 g/mol. The van der Waals surface area contributed by atoms with E-state index in [1.54, 1.807) is 0 Å². The average Bonchev–Trinajstić information content (AvgIpc) is 2.33. The lowest BCUT2D eigenvalue weighted by atomic mass is 10.4. The summed E-state index contributed by atoms with van der Waals surface area (Å²) in [6.07, 6.45) is 2.03. The Morgan fingerprint density at radius 1 is 1.50 bits per heavy atom. The van der Waals surface area contributed by atoms with Crippen LogP contribution >= 0.6 is 0 Å². The predicted octanol–water partition coefficient (Wildman–Crippen LogP) is 1.12. The predicted molar refractivity (Wildman–Crippen MR) is 41.0 cm³/mol. The van der Waals surface area contributed by atoms with Crippen LogP contribution in [0.4, 0.5) is 0 Å². The number of nitrogens with zero attached hydrogens (tertiary/aromatic N) is 2. The molecule has 0 aliphatic carbocycles. The van der Waals surface area contributed by atoms with Gasteiger partial charge in [0.15, 0.2) is 0 Å². The fourth-order valence-corrected chi connectivity index (χ4v) is 3.06. The van der Waals surface area contributed by atoms with E-state index in [1.165, 1.54) is 0 Å². The van der Waals surface area contributed by atoms with Gasteiger partial charge in [0.1, 0.15) is 0 Å². The minimum atomic E-state index is -1.90. The lowest BCUT2D eigenvalue weighted by Crippen LogP contribution is -2.00. The Hall–Kier alpha value is -0.560. The Morgan fingerprint density at radius 3 is 2.60 bits per heavy atom. The van der Waals surface area contributed by atoms with Crippen LogP contribution in [0.3, 0.4) is 0 Å². The Kier molecular flexibility index (Phi) is 2.28. The van der Waals surface area contributed by atoms with E-state index >= 15 is 0 Å². The number of rotatable bonds is 1. The highest BCUT2D eigenvalue weighted by atomic mass is 32.2. The van der Waals surface area contributed by atoms with Crippen molar-refractivity contribution in [1.29, 1.82) is 0 Å². The largest absolute Gasteiger partial charge is 0.313 e. The van der Waals surface area contributed by atoms with Crippen LogP contribution in [0, 0.1) is 6.57 Å². The molecule has 0 spiro atoms. The fraction of sp³-hybridized carbons (Fsp3) is 0.833. The first-order valence-electron chi connectivity index (χ1n) is 3.28. The first kappa shape index (κ1) is 7.55. The SMILES string of the molecule is [C-]#[N+]CN=S1(=O)CCCC1. The molecule has 0 amide bonds. The molecule has 0 aromatic carbocycles. The van der Waals surface area contributed by atoms with Crippen molar-refractivity contribution in [1.82, 2.24) is 0 Å². The summed E-state index contributed by atoms with van der Waals surface area (Å²) in [5.41, 5.74) is 0. The molecule has 0 saturated carbocycles. The molecule has 0 unspecified atom stereocenters. The van der Waals surface area contributed by atoms with Crippen LogP contribution in [0.5, 0.6) is 0 Å². The third kappa shape index (κ3) is 1.71. The van der Waals surface area contributed by atoms with E-state index in [9.17, 15) is 4.21 Å². The molecule has 56 valence electrons. The summed E-state index contributed by atoms with van der Waals surface area (Å²) < 4.78 is 15.3. The van der Waals surface area contributed by atoms with Crippen molar-refractivity contribution in [2.24, 2.45) is 4.36 Å². The summed E-state index contributed by atoms with van der Waals surface area (Å²) in [6.45, 7) is 6.54. The van der Waals surface area contributed by atoms with Gasteiger partial charge in [-0.15, -0.1) is 0 Å². The highest BCUT2D eigenvalue weighted by Crippen LogP contribution is 2.12. The van der Waals surface area contributed by atoms with E-state index in [1.807, 2.05) is 0 Å². The zero-order valence-electron chi connectivity index (χ0n) is 5.75. The molecule has 0 aromatic rings. The van der Waals surface area contributed by atoms with Gasteiger partial charge in [-0.25, -0.2) is 10.8 Å². The highest BCUT2D eigenvalue weighted by Gasteiger charge is 2.15. The zero-order valence-corrected chi connectivity index (χ0v) is 6.56. The van der Waals surface area contributed by atoms with E-state index < -0.39 is 9.73 Å². The van der Waals surface area contributed by atoms with Crippen molar-refractivity contribution in [3.63, 3.8) is 0 Å². The molecule has 1 fully saturated rings. The van der Waals surface area contributed by atoms with Crippen LogP contribution in [-0.2, 0) is 9.73 Å². The molecular formula is C6H10N2OS. The van der Waals surface area contributed by atoms with Gasteiger partial charge >= 0.3 is 6.67 Å². The first-order chi connectivity index (χ1) is 4.77. The Labute approximate surface area is 61.4 Å². The second-order valence-electron chi connectivity index (χ2n) is 2.32. The quantitative estimate of drug-likeness (QED) is 0.526. The minimum Gasteiger partial charge on any atom is -0.290 e. The van der Waals surface area contributed by atoms with E-state index in [-0.39, 0.29) is 6.67 Å². The number of hydrogen-bond acceptors (Lipinski definition) is 2. The maximum absolute atomic E-state index is 11.4. The van der Waals surface area contributed by atoms with Gasteiger partial charge in [0, 0.05) is 11.5 Å². The molecule has 0 bridgehead atoms. The van der Waals surface area contributed by atoms with E-state index in [0.717, 1.165) is 12.8 Å². The third-order valence-corrected chi connectivity index (χ3v) is 3.98. The maximum atomic E-state index is 11.4. The molecule has 0 radical (unpaired) electrons. The van der Waals surface area contributed by atoms with Crippen LogP contribution in [0.25, 0.3) is 4.85 Å². The third-order valence-electron chi connectivity index (χ3n) is 1.54. The number of hydrogen-bond donors (Lipinski definition) is 0. The molecule has 1 heterocycles. The summed E-state index contributed by atoms with van der Waals surface area (Å²) in [5, 5.41) is 0. The van der Waals surface area contributed by atoms with E-state index in [4.69, 9.17) is 6.57 Å². The Bertz CT molecular complexity index is 245. The normalized spacial score (nSPS) is 21.9. The summed E-state index contributed by atoms with van der Waals surface area (Å²) in [6, 6.07) is 0. The van der Waals surface area contributed by atoms with Gasteiger partial charge in [-0.1, -0.05) is 0 Å². The van der Waals surface area contributed by atoms with Gasteiger partial charge in [-0.05, 0) is 12.8 Å². The summed E-state index contributed by atoms with van der Waals surface area (Å²) in [5.74, 6) is 1.42. The Balaban J connectivity index is 2.69. The first-order valence-corrected chi connectivity index (χ1v) is 5.14. The zero-order chi connectivity index (χ0) is 7.45. The van der Waals surface area contributed by atoms with Crippen LogP contribution in [0.15, 0.2) is 4.36 Å². The van der Waals surface area contributed by atoms with Crippen molar-refractivity contribution in [2.75, 3.05) is 18.2 Å². The molecule has 3 nitrogen and oxygen atoms in total. The smallest absolute Gasteiger partial charge is 0.290 e. The maximum Gasteiger partial charge on any atom is 0.313 e. The lowest BCUT2D eigenvalue weighted by molar-refractivity contribution is 0.679. The minimum absolute atomic E-state index is 0.0822. The van der Waals surface area contributed by atoms with Gasteiger partial charge < -0.3 is 0 Å². The molecule has 4 heteroatoms. The van der Waals surface area contributed by atoms with Crippen molar-refractivity contribution in [3.8, 4) is 0 Å². The molecule has 0 aromatic heterocycles. The van der Waals surface area contributed by atoms with Gasteiger partial charge in [0.2, 0.25) is 0 Å². The van der Waals surface area contributed by atoms with Crippen molar-refractivity contribution in [2.45, 2.75) is 12.8 Å². The van der Waals surface area contributed by atoms with Crippen LogP contribution < -0.4 is 0 Å². The second-order valence-corrected chi connectivity index (χ2v) is 4.94. The molecule has 1 aliphatic heterocycles. The Morgan fingerprint density at radius 2 is 2.10 bits per heavy atom. The molecule has 1 rings (SSSR count). The van der Waals surface area contributed by atoms with Crippen molar-refractivity contribution >= 4 is 9.73 Å². The van der Waals surface area contributed by atoms with Crippen LogP contribution in [-0.4, -0.2) is 22.4 Å². The summed E-state index contributed by atoms with van der Waals surface area (Å²) >= 11 is 0. The van der Waals surface area contributed by atoms with Crippen molar-refractivity contribution < 1.29 is 4.21 Å². The second kappa shape index (κ2) is 3.02. The van der Waals surface area contributed by atoms with Gasteiger partial charge in [0.25, 0.3) is 0 Å². The standard InChI is InChI=1S/C6H10N2OS/c1-7-6-8-10(9)4-2-3-5-10/h2-6H2. The van der Waals surface area contributed by atoms with Gasteiger partial charge in [-0.2, -0.15) is 4.36 Å². The lowest BCUT2D eigenvalue weighted by Gasteiger charge is -1.93. The van der Waals surface area contributed by atoms with E-state index in [0.29, 0.717) is 11.5 Å². The fourth-order valence-electron chi connectivity index (χ4n) is 1.02. The van der Waals surface area contributed by atoms with Crippen LogP contribution in [0.2, 0.25) is 0 Å². The molecule has 1 aliphatic rings. The van der Waals surface area contributed by atoms with Gasteiger partial charge in [-0.3, -0.25) is 4.85 Å². The van der Waals surface area contributed by atoms with Gasteiger partial charge in [0.05, 0.1) is 9.73 Å². The van der Waals surface area contributed by atoms with Crippen molar-refractivity contribution in [3.05, 3.63) is 11.4 Å².